The van der Waals surface area contributed by atoms with Gasteiger partial charge >= 0.3 is 5.97 Å². The van der Waals surface area contributed by atoms with Gasteiger partial charge in [-0.2, -0.15) is 0 Å². The van der Waals surface area contributed by atoms with Crippen LogP contribution in [0, 0.1) is 5.92 Å². The van der Waals surface area contributed by atoms with Crippen LogP contribution in [-0.2, 0) is 14.3 Å². The largest absolute Gasteiger partial charge is 0.481 e. The van der Waals surface area contributed by atoms with Gasteiger partial charge in [-0.15, -0.1) is 0 Å². The van der Waals surface area contributed by atoms with Crippen LogP contribution in [0.3, 0.4) is 0 Å². The standard InChI is InChI=1S/C13H21NO4/c1-9(8-13(16)17)7-12(15)14-5-6-18-11-4-2-3-10(11)14/h9-11H,2-8H2,1H3,(H,16,17). The molecule has 3 atom stereocenters. The quantitative estimate of drug-likeness (QED) is 0.821. The number of rotatable bonds is 4. The van der Waals surface area contributed by atoms with Gasteiger partial charge < -0.3 is 14.7 Å². The molecule has 3 unspecified atom stereocenters. The number of nitrogens with zero attached hydrogens (tertiary/aromatic N) is 1. The second-order valence-corrected chi connectivity index (χ2v) is 5.40. The highest BCUT2D eigenvalue weighted by atomic mass is 16.5. The lowest BCUT2D eigenvalue weighted by atomic mass is 10.0. The molecule has 0 radical (unpaired) electrons. The molecule has 1 saturated heterocycles. The average molecular weight is 255 g/mol. The molecule has 0 bridgehead atoms. The van der Waals surface area contributed by atoms with Crippen molar-refractivity contribution < 1.29 is 19.4 Å². The molecule has 1 aliphatic carbocycles. The molecule has 5 nitrogen and oxygen atoms in total. The molecule has 102 valence electrons. The Labute approximate surface area is 107 Å². The zero-order chi connectivity index (χ0) is 13.1. The first-order valence-corrected chi connectivity index (χ1v) is 6.71. The number of ether oxygens (including phenoxy) is 1. The van der Waals surface area contributed by atoms with Crippen molar-refractivity contribution in [3.63, 3.8) is 0 Å². The summed E-state index contributed by atoms with van der Waals surface area (Å²) < 4.78 is 5.66. The molecule has 0 aromatic rings. The summed E-state index contributed by atoms with van der Waals surface area (Å²) in [4.78, 5) is 24.7. The second-order valence-electron chi connectivity index (χ2n) is 5.40. The fourth-order valence-electron chi connectivity index (χ4n) is 3.02. The Hall–Kier alpha value is -1.10. The molecule has 0 spiro atoms. The Morgan fingerprint density at radius 3 is 2.89 bits per heavy atom. The van der Waals surface area contributed by atoms with Crippen LogP contribution in [0.15, 0.2) is 0 Å². The summed E-state index contributed by atoms with van der Waals surface area (Å²) in [6.45, 7) is 3.08. The number of carbonyl (C=O) groups excluding carboxylic acids is 1. The van der Waals surface area contributed by atoms with Gasteiger partial charge in [-0.1, -0.05) is 6.92 Å². The third-order valence-corrected chi connectivity index (χ3v) is 3.85. The van der Waals surface area contributed by atoms with Crippen molar-refractivity contribution >= 4 is 11.9 Å². The van der Waals surface area contributed by atoms with Crippen molar-refractivity contribution in [1.29, 1.82) is 0 Å². The van der Waals surface area contributed by atoms with Gasteiger partial charge in [-0.3, -0.25) is 9.59 Å². The number of fused-ring (bicyclic) bond motifs is 1. The van der Waals surface area contributed by atoms with E-state index in [0.717, 1.165) is 19.3 Å². The van der Waals surface area contributed by atoms with E-state index in [1.165, 1.54) is 0 Å². The first kappa shape index (κ1) is 13.3. The van der Waals surface area contributed by atoms with Crippen LogP contribution in [0.1, 0.15) is 39.0 Å². The maximum atomic E-state index is 12.2. The molecule has 1 aliphatic heterocycles. The number of carbonyl (C=O) groups is 2. The number of hydrogen-bond donors (Lipinski definition) is 1. The van der Waals surface area contributed by atoms with Crippen LogP contribution in [-0.4, -0.2) is 47.2 Å². The van der Waals surface area contributed by atoms with E-state index in [2.05, 4.69) is 0 Å². The molecular formula is C13H21NO4. The Morgan fingerprint density at radius 1 is 1.39 bits per heavy atom. The van der Waals surface area contributed by atoms with Crippen molar-refractivity contribution in [3.05, 3.63) is 0 Å². The van der Waals surface area contributed by atoms with E-state index < -0.39 is 5.97 Å². The van der Waals surface area contributed by atoms with Crippen LogP contribution < -0.4 is 0 Å². The van der Waals surface area contributed by atoms with Crippen molar-refractivity contribution in [1.82, 2.24) is 4.90 Å². The lowest BCUT2D eigenvalue weighted by Crippen LogP contribution is -2.51. The van der Waals surface area contributed by atoms with Crippen molar-refractivity contribution in [2.24, 2.45) is 5.92 Å². The van der Waals surface area contributed by atoms with E-state index in [4.69, 9.17) is 9.84 Å². The van der Waals surface area contributed by atoms with E-state index in [1.807, 2.05) is 11.8 Å². The number of aliphatic carboxylic acids is 1. The minimum Gasteiger partial charge on any atom is -0.481 e. The van der Waals surface area contributed by atoms with Gasteiger partial charge in [0.1, 0.15) is 0 Å². The van der Waals surface area contributed by atoms with Gasteiger partial charge in [0.2, 0.25) is 5.91 Å². The van der Waals surface area contributed by atoms with E-state index in [-0.39, 0.29) is 30.4 Å². The number of morpholine rings is 1. The zero-order valence-corrected chi connectivity index (χ0v) is 10.8. The monoisotopic (exact) mass is 255 g/mol. The topological polar surface area (TPSA) is 66.8 Å². The molecule has 1 heterocycles. The molecule has 2 rings (SSSR count). The summed E-state index contributed by atoms with van der Waals surface area (Å²) in [6, 6.07) is 0.225. The smallest absolute Gasteiger partial charge is 0.303 e. The Balaban J connectivity index is 1.89. The minimum atomic E-state index is -0.837. The maximum absolute atomic E-state index is 12.2. The summed E-state index contributed by atoms with van der Waals surface area (Å²) in [5.41, 5.74) is 0. The predicted octanol–water partition coefficient (Wildman–Crippen LogP) is 1.27. The summed E-state index contributed by atoms with van der Waals surface area (Å²) in [6.07, 6.45) is 3.77. The number of carboxylic acid groups (broad SMARTS) is 1. The SMILES string of the molecule is CC(CC(=O)O)CC(=O)N1CCOC2CCCC21. The van der Waals surface area contributed by atoms with E-state index in [0.29, 0.717) is 19.6 Å². The highest BCUT2D eigenvalue weighted by Crippen LogP contribution is 2.30. The normalized spacial score (nSPS) is 28.8. The maximum Gasteiger partial charge on any atom is 0.303 e. The molecule has 2 fully saturated rings. The van der Waals surface area contributed by atoms with Crippen LogP contribution in [0.25, 0.3) is 0 Å². The third-order valence-electron chi connectivity index (χ3n) is 3.85. The lowest BCUT2D eigenvalue weighted by Gasteiger charge is -2.38. The highest BCUT2D eigenvalue weighted by Gasteiger charge is 2.38. The van der Waals surface area contributed by atoms with Crippen molar-refractivity contribution in [3.8, 4) is 0 Å². The fourth-order valence-corrected chi connectivity index (χ4v) is 3.02. The van der Waals surface area contributed by atoms with Gasteiger partial charge in [0, 0.05) is 19.4 Å². The number of hydrogen-bond acceptors (Lipinski definition) is 3. The molecule has 1 amide bonds. The second kappa shape index (κ2) is 5.69. The molecule has 0 aromatic carbocycles. The number of carboxylic acids is 1. The van der Waals surface area contributed by atoms with Gasteiger partial charge in [0.05, 0.1) is 18.8 Å². The molecule has 5 heteroatoms. The zero-order valence-electron chi connectivity index (χ0n) is 10.8. The molecule has 2 aliphatic rings. The Bertz CT molecular complexity index is 331. The van der Waals surface area contributed by atoms with Crippen LogP contribution in [0.2, 0.25) is 0 Å². The molecule has 1 N–H and O–H groups in total. The molecule has 18 heavy (non-hydrogen) atoms. The van der Waals surface area contributed by atoms with Crippen LogP contribution in [0.4, 0.5) is 0 Å². The Morgan fingerprint density at radius 2 is 2.17 bits per heavy atom. The van der Waals surface area contributed by atoms with E-state index >= 15 is 0 Å². The summed E-state index contributed by atoms with van der Waals surface area (Å²) in [5, 5.41) is 8.71. The van der Waals surface area contributed by atoms with Crippen molar-refractivity contribution in [2.75, 3.05) is 13.2 Å². The van der Waals surface area contributed by atoms with E-state index in [1.54, 1.807) is 0 Å². The van der Waals surface area contributed by atoms with Gasteiger partial charge in [0.15, 0.2) is 0 Å². The first-order valence-electron chi connectivity index (χ1n) is 6.71. The molecule has 0 aromatic heterocycles. The lowest BCUT2D eigenvalue weighted by molar-refractivity contribution is -0.145. The average Bonchev–Trinajstić information content (AvgIpc) is 2.74. The van der Waals surface area contributed by atoms with E-state index in [9.17, 15) is 9.59 Å². The van der Waals surface area contributed by atoms with Gasteiger partial charge in [0.25, 0.3) is 0 Å². The molecular weight excluding hydrogens is 234 g/mol. The fraction of sp³-hybridized carbons (Fsp3) is 0.846. The minimum absolute atomic E-state index is 0.0597. The van der Waals surface area contributed by atoms with Gasteiger partial charge in [-0.25, -0.2) is 0 Å². The van der Waals surface area contributed by atoms with Crippen LogP contribution >= 0.6 is 0 Å². The van der Waals surface area contributed by atoms with Crippen molar-refractivity contribution in [2.45, 2.75) is 51.2 Å². The Kier molecular flexibility index (Phi) is 4.22. The molecule has 1 saturated carbocycles. The summed E-state index contributed by atoms with van der Waals surface area (Å²) in [7, 11) is 0. The first-order chi connectivity index (χ1) is 8.58. The summed E-state index contributed by atoms with van der Waals surface area (Å²) in [5.74, 6) is -0.849. The highest BCUT2D eigenvalue weighted by molar-refractivity contribution is 5.78. The number of amides is 1. The predicted molar refractivity (Wildman–Crippen MR) is 65.1 cm³/mol. The van der Waals surface area contributed by atoms with Gasteiger partial charge in [-0.05, 0) is 25.2 Å². The third kappa shape index (κ3) is 3.02. The van der Waals surface area contributed by atoms with Crippen LogP contribution in [0.5, 0.6) is 0 Å². The summed E-state index contributed by atoms with van der Waals surface area (Å²) >= 11 is 0.